The van der Waals surface area contributed by atoms with Gasteiger partial charge in [-0.3, -0.25) is 9.59 Å². The Morgan fingerprint density at radius 2 is 0.842 bits per heavy atom. The van der Waals surface area contributed by atoms with E-state index < -0.39 is 67.5 Å². The van der Waals surface area contributed by atoms with Gasteiger partial charge >= 0.3 is 24.1 Å². The van der Waals surface area contributed by atoms with E-state index in [1.165, 1.54) is 26.4 Å². The fourth-order valence-corrected chi connectivity index (χ4v) is 14.6. The lowest BCUT2D eigenvalue weighted by Gasteiger charge is -2.42. The third kappa shape index (κ3) is 20.3. The van der Waals surface area contributed by atoms with Crippen molar-refractivity contribution in [2.45, 2.75) is 151 Å². The van der Waals surface area contributed by atoms with Gasteiger partial charge in [-0.1, -0.05) is 127 Å². The molecular weight excluding hydrogens is 1080 g/mol. The lowest BCUT2D eigenvalue weighted by molar-refractivity contribution is -0.143. The van der Waals surface area contributed by atoms with Crippen molar-refractivity contribution in [2.24, 2.45) is 0 Å². The van der Waals surface area contributed by atoms with Crippen molar-refractivity contribution in [1.82, 2.24) is 10.6 Å². The van der Waals surface area contributed by atoms with Crippen LogP contribution in [0.25, 0.3) is 0 Å². The van der Waals surface area contributed by atoms with Gasteiger partial charge in [-0.15, -0.1) is 0 Å². The highest BCUT2D eigenvalue weighted by Crippen LogP contribution is 2.44. The molecule has 420 valence electrons. The number of nitrogens with one attached hydrogen (secondary N) is 4. The number of hydrogen-bond acceptors (Lipinski definition) is 12. The minimum absolute atomic E-state index is 0. The highest BCUT2D eigenvalue weighted by Gasteiger charge is 2.47. The minimum atomic E-state index is -2.24. The molecule has 0 aliphatic rings. The van der Waals surface area contributed by atoms with E-state index >= 15 is 0 Å². The topological polar surface area (TPSA) is 217 Å². The molecule has 0 heterocycles. The molecule has 5 N–H and O–H groups in total. The van der Waals surface area contributed by atoms with E-state index in [4.69, 9.17) is 69.8 Å². The first-order valence-corrected chi connectivity index (χ1v) is 27.3. The van der Waals surface area contributed by atoms with E-state index in [0.29, 0.717) is 39.3 Å². The van der Waals surface area contributed by atoms with Crippen LogP contribution in [0.15, 0.2) is 72.8 Å². The maximum atomic E-state index is 13.2. The molecule has 4 amide bonds. The van der Waals surface area contributed by atoms with Crippen LogP contribution in [0.4, 0.5) is 21.0 Å². The van der Waals surface area contributed by atoms with E-state index in [9.17, 15) is 33.9 Å². The van der Waals surface area contributed by atoms with Gasteiger partial charge in [0.25, 0.3) is 20.1 Å². The third-order valence-corrected chi connectivity index (χ3v) is 18.4. The van der Waals surface area contributed by atoms with E-state index in [1.54, 1.807) is 102 Å². The predicted molar refractivity (Wildman–Crippen MR) is 306 cm³/mol. The number of hydrogen-bond donors (Lipinski definition) is 5. The number of alkyl carbamates (subject to hydrolysis) is 2. The summed E-state index contributed by atoms with van der Waals surface area (Å²) in [6, 6.07) is 17.3. The summed E-state index contributed by atoms with van der Waals surface area (Å²) in [5.41, 5.74) is 2.20. The molecule has 76 heavy (non-hydrogen) atoms. The Balaban J connectivity index is 0.000000766. The average molecular weight is 1160 g/mol. The Morgan fingerprint density at radius 1 is 0.539 bits per heavy atom. The Bertz CT molecular complexity index is 2550. The molecule has 0 aliphatic heterocycles. The molecule has 0 saturated heterocycles. The fourth-order valence-electron chi connectivity index (χ4n) is 8.04. The highest BCUT2D eigenvalue weighted by atomic mass is 35.5. The average Bonchev–Trinajstić information content (AvgIpc) is 3.26. The number of benzene rings is 4. The summed E-state index contributed by atoms with van der Waals surface area (Å²) in [5.74, 6) is -1.83. The number of halogens is 4. The number of phenolic OH excluding ortho intramolecular Hbond substituents is 1. The van der Waals surface area contributed by atoms with Gasteiger partial charge < -0.3 is 49.7 Å². The molecule has 2 atom stereocenters. The summed E-state index contributed by atoms with van der Waals surface area (Å²) >= 11 is 25.2. The largest absolute Gasteiger partial charge is 0.543 e. The summed E-state index contributed by atoms with van der Waals surface area (Å²) in [7, 11) is 0.230. The van der Waals surface area contributed by atoms with Crippen molar-refractivity contribution < 1.29 is 57.2 Å². The highest BCUT2D eigenvalue weighted by molar-refractivity contribution is 6.78. The number of carbonyl (C=O) groups excluding carboxylic acids is 6. The summed E-state index contributed by atoms with van der Waals surface area (Å²) in [6.45, 7) is 23.5. The van der Waals surface area contributed by atoms with Crippen molar-refractivity contribution >= 4 is 102 Å². The number of methoxy groups -OCH3 is 2. The van der Waals surface area contributed by atoms with Gasteiger partial charge in [-0.25, -0.2) is 19.2 Å². The number of aromatic hydroxyl groups is 1. The number of anilines is 2. The number of carbonyl (C=O) groups is 6. The second kappa shape index (κ2) is 29.7. The smallest absolute Gasteiger partial charge is 0.408 e. The van der Waals surface area contributed by atoms with Crippen molar-refractivity contribution in [2.75, 3.05) is 24.9 Å². The van der Waals surface area contributed by atoms with Crippen LogP contribution < -0.4 is 25.7 Å². The van der Waals surface area contributed by atoms with Crippen LogP contribution in [0.5, 0.6) is 11.5 Å². The maximum Gasteiger partial charge on any atom is 0.408 e. The van der Waals surface area contributed by atoms with Gasteiger partial charge in [0.05, 0.1) is 45.4 Å². The van der Waals surface area contributed by atoms with E-state index in [0.717, 1.165) is 5.56 Å². The molecule has 0 spiro atoms. The number of esters is 2. The van der Waals surface area contributed by atoms with E-state index in [-0.39, 0.29) is 64.7 Å². The first-order valence-electron chi connectivity index (χ1n) is 23.6. The molecule has 16 nitrogen and oxygen atoms in total. The summed E-state index contributed by atoms with van der Waals surface area (Å²) < 4.78 is 26.7. The Kier molecular flexibility index (Phi) is 26.7. The van der Waals surface area contributed by atoms with Crippen LogP contribution in [-0.2, 0) is 41.4 Å². The molecule has 21 heteroatoms. The van der Waals surface area contributed by atoms with Crippen LogP contribution in [-0.4, -0.2) is 86.9 Å². The molecule has 0 radical (unpaired) electrons. The Hall–Kier alpha value is -5.72. The normalized spacial score (nSPS) is 12.1. The fraction of sp³-hybridized carbons (Fsp3) is 0.455. The minimum Gasteiger partial charge on any atom is -0.543 e. The van der Waals surface area contributed by atoms with Gasteiger partial charge in [-0.2, -0.15) is 0 Å². The predicted octanol–water partition coefficient (Wildman–Crippen LogP) is 14.2. The van der Waals surface area contributed by atoms with Crippen LogP contribution >= 0.6 is 46.4 Å². The van der Waals surface area contributed by atoms with Gasteiger partial charge in [-0.05, 0) is 118 Å². The quantitative estimate of drug-likeness (QED) is 0.0379. The number of rotatable bonds is 17. The number of ether oxygens (including phenoxy) is 4. The number of amides is 4. The zero-order valence-corrected chi connectivity index (χ0v) is 48.2. The zero-order valence-electron chi connectivity index (χ0n) is 44.2. The van der Waals surface area contributed by atoms with Crippen molar-refractivity contribution in [3.8, 4) is 11.5 Å². The van der Waals surface area contributed by atoms with Crippen LogP contribution in [0.1, 0.15) is 130 Å². The third-order valence-electron chi connectivity index (χ3n) is 11.2. The van der Waals surface area contributed by atoms with Crippen LogP contribution in [0, 0.1) is 0 Å². The van der Waals surface area contributed by atoms with Crippen LogP contribution in [0.2, 0.25) is 36.7 Å². The SMILES string of the molecule is C.C.COC(=O)[C@H](Cc1ccc(NC(=O)c2c(Cl)cc(O)cc2Cl)cc1)NC(=O)OC(C)(C)C.COC(=O)[C@H](Cc1ccc(NC(=O)c2c(Cl)cc(O[Si](C(C)C)(C(C)C)C(C)C)cc2Cl)cc1)NC(=O)OC(C)(C)C. The molecule has 0 aliphatic carbocycles. The first kappa shape index (κ1) is 68.3. The van der Waals surface area contributed by atoms with Crippen molar-refractivity contribution in [1.29, 1.82) is 0 Å². The van der Waals surface area contributed by atoms with Gasteiger partial charge in [0, 0.05) is 24.2 Å². The van der Waals surface area contributed by atoms with Gasteiger partial charge in [0.1, 0.15) is 34.8 Å². The summed E-state index contributed by atoms with van der Waals surface area (Å²) in [5, 5.41) is 20.4. The van der Waals surface area contributed by atoms with E-state index in [1.807, 2.05) is 0 Å². The molecule has 4 rings (SSSR count). The molecular formula is C55H76Cl4N4O12Si. The molecule has 4 aromatic carbocycles. The lowest BCUT2D eigenvalue weighted by Crippen LogP contribution is -2.50. The van der Waals surface area contributed by atoms with Gasteiger partial charge in [0.15, 0.2) is 0 Å². The van der Waals surface area contributed by atoms with Gasteiger partial charge in [0.2, 0.25) is 0 Å². The first-order chi connectivity index (χ1) is 34.3. The second-order valence-electron chi connectivity index (χ2n) is 20.1. The molecule has 0 unspecified atom stereocenters. The summed E-state index contributed by atoms with van der Waals surface area (Å²) in [6.07, 6.45) is -1.15. The molecule has 0 bridgehead atoms. The zero-order chi connectivity index (χ0) is 56.0. The monoisotopic (exact) mass is 1150 g/mol. The van der Waals surface area contributed by atoms with Crippen molar-refractivity contribution in [3.63, 3.8) is 0 Å². The molecule has 0 fully saturated rings. The molecule has 0 saturated carbocycles. The van der Waals surface area contributed by atoms with Crippen molar-refractivity contribution in [3.05, 3.63) is 115 Å². The van der Waals surface area contributed by atoms with E-state index in [2.05, 4.69) is 62.8 Å². The maximum absolute atomic E-state index is 13.2. The Morgan fingerprint density at radius 3 is 1.12 bits per heavy atom. The molecule has 0 aromatic heterocycles. The summed E-state index contributed by atoms with van der Waals surface area (Å²) in [4.78, 5) is 74.3. The second-order valence-corrected chi connectivity index (χ2v) is 27.1. The lowest BCUT2D eigenvalue weighted by atomic mass is 10.1. The number of phenols is 1. The standard InChI is InChI=1S/C31H44Cl2N2O6Si.C22H24Cl2N2O6.2CH4/c1-18(2)42(19(3)4,20(5)6)41-23-16-24(32)27(25(33)17-23)28(36)34-22-13-11-21(12-14-22)15-26(29(37)39-10)35-30(38)40-31(7,8)9;1-22(2,3)32-21(30)26-17(20(29)31-4)9-12-5-7-13(8-6-12)25-19(28)18-15(23)10-14(27)11-16(18)24;;/h11-14,16-20,26H,15H2,1-10H3,(H,34,36)(H,35,38);5-8,10-11,17,27H,9H2,1-4H3,(H,25,28)(H,26,30);2*1H4/t26-;17-;;/m00../s1. The molecule has 4 aromatic rings. The Labute approximate surface area is 469 Å². The van der Waals surface area contributed by atoms with Crippen LogP contribution in [0.3, 0.4) is 0 Å².